The van der Waals surface area contributed by atoms with E-state index in [1.165, 1.54) is 0 Å². The summed E-state index contributed by atoms with van der Waals surface area (Å²) in [7, 11) is 0. The van der Waals surface area contributed by atoms with Crippen molar-refractivity contribution in [3.8, 4) is 0 Å². The van der Waals surface area contributed by atoms with Gasteiger partial charge in [0.2, 0.25) is 0 Å². The summed E-state index contributed by atoms with van der Waals surface area (Å²) in [4.78, 5) is 17.6. The molecule has 6 heteroatoms. The highest BCUT2D eigenvalue weighted by Gasteiger charge is 2.57. The second kappa shape index (κ2) is 8.30. The SMILES string of the molecule is C=C[C@H]1C[N@+]2(F)CC[C@H]1C[C@@H]2[C@@H](OC(=O)c1ccc(Cl)cc1)c1ccnc2ccccc12. The number of nitrogens with zero attached hydrogens (tertiary/aromatic N) is 2. The number of rotatable bonds is 5. The van der Waals surface area contributed by atoms with Crippen LogP contribution in [0.2, 0.25) is 5.02 Å². The molecule has 164 valence electrons. The number of halogens is 2. The molecule has 2 aromatic carbocycles. The van der Waals surface area contributed by atoms with Gasteiger partial charge in [-0.25, -0.2) is 4.79 Å². The van der Waals surface area contributed by atoms with Gasteiger partial charge in [-0.2, -0.15) is 0 Å². The van der Waals surface area contributed by atoms with Crippen molar-refractivity contribution in [3.05, 3.63) is 89.6 Å². The first-order valence-electron chi connectivity index (χ1n) is 11.0. The Kier molecular flexibility index (Phi) is 5.48. The highest BCUT2D eigenvalue weighted by molar-refractivity contribution is 6.30. The van der Waals surface area contributed by atoms with Crippen molar-refractivity contribution in [1.29, 1.82) is 0 Å². The Balaban J connectivity index is 1.57. The molecule has 0 aliphatic carbocycles. The number of piperidine rings is 3. The van der Waals surface area contributed by atoms with Crippen molar-refractivity contribution in [1.82, 2.24) is 4.98 Å². The summed E-state index contributed by atoms with van der Waals surface area (Å²) >= 11 is 5.97. The molecular formula is C26H25ClFN2O2+. The van der Waals surface area contributed by atoms with Gasteiger partial charge in [0, 0.05) is 40.9 Å². The van der Waals surface area contributed by atoms with E-state index in [2.05, 4.69) is 11.6 Å². The first kappa shape index (κ1) is 21.1. The van der Waals surface area contributed by atoms with Crippen molar-refractivity contribution in [3.63, 3.8) is 0 Å². The number of pyridine rings is 1. The van der Waals surface area contributed by atoms with Crippen molar-refractivity contribution in [2.75, 3.05) is 13.1 Å². The molecule has 4 heterocycles. The van der Waals surface area contributed by atoms with E-state index in [0.717, 1.165) is 22.9 Å². The molecule has 0 N–H and O–H groups in total. The van der Waals surface area contributed by atoms with E-state index in [9.17, 15) is 4.79 Å². The number of aromatic nitrogens is 1. The van der Waals surface area contributed by atoms with E-state index < -0.39 is 22.8 Å². The van der Waals surface area contributed by atoms with Crippen LogP contribution in [0, 0.1) is 11.8 Å². The lowest BCUT2D eigenvalue weighted by Crippen LogP contribution is -2.64. The fourth-order valence-corrected chi connectivity index (χ4v) is 5.52. The summed E-state index contributed by atoms with van der Waals surface area (Å²) in [6.07, 6.45) is 4.31. The summed E-state index contributed by atoms with van der Waals surface area (Å²) in [6, 6.07) is 15.6. The number of quaternary nitrogens is 1. The number of hydrogen-bond donors (Lipinski definition) is 0. The van der Waals surface area contributed by atoms with Gasteiger partial charge in [-0.3, -0.25) is 4.98 Å². The second-order valence-corrected chi connectivity index (χ2v) is 9.27. The minimum absolute atomic E-state index is 0.145. The predicted octanol–water partition coefficient (Wildman–Crippen LogP) is 6.08. The lowest BCUT2D eigenvalue weighted by atomic mass is 9.73. The van der Waals surface area contributed by atoms with Crippen LogP contribution in [0.4, 0.5) is 4.48 Å². The van der Waals surface area contributed by atoms with Crippen LogP contribution >= 0.6 is 11.6 Å². The summed E-state index contributed by atoms with van der Waals surface area (Å²) < 4.78 is 21.8. The van der Waals surface area contributed by atoms with E-state index in [-0.39, 0.29) is 5.92 Å². The largest absolute Gasteiger partial charge is 0.447 e. The minimum Gasteiger partial charge on any atom is -0.447 e. The van der Waals surface area contributed by atoms with Crippen LogP contribution in [0.3, 0.4) is 0 Å². The zero-order chi connectivity index (χ0) is 22.3. The molecule has 32 heavy (non-hydrogen) atoms. The Labute approximate surface area is 191 Å². The quantitative estimate of drug-likeness (QED) is 0.268. The van der Waals surface area contributed by atoms with Crippen LogP contribution in [0.15, 0.2) is 73.4 Å². The maximum Gasteiger partial charge on any atom is 0.338 e. The minimum atomic E-state index is -0.732. The van der Waals surface area contributed by atoms with Gasteiger partial charge in [-0.05, 0) is 46.8 Å². The Bertz CT molecular complexity index is 1160. The lowest BCUT2D eigenvalue weighted by Gasteiger charge is -2.50. The highest BCUT2D eigenvalue weighted by atomic mass is 35.5. The standard InChI is InChI=1S/C26H25ClFN2O2/c1-2-17-16-30(28)14-12-19(17)15-24(30)25(32-26(31)18-7-9-20(27)10-8-18)22-11-13-29-23-6-4-3-5-21(22)23/h2-11,13,17,19,24-25H,1,12,14-16H2/q+1/t17-,19-,24+,25-,30+/m0/s1. The summed E-state index contributed by atoms with van der Waals surface area (Å²) in [6.45, 7) is 4.72. The van der Waals surface area contributed by atoms with Gasteiger partial charge in [0.15, 0.2) is 12.1 Å². The first-order valence-corrected chi connectivity index (χ1v) is 11.4. The summed E-state index contributed by atoms with van der Waals surface area (Å²) in [5.41, 5.74) is 1.98. The number of ether oxygens (including phenoxy) is 1. The van der Waals surface area contributed by atoms with E-state index >= 15 is 4.48 Å². The number of carbonyl (C=O) groups is 1. The van der Waals surface area contributed by atoms with Crippen molar-refractivity contribution < 1.29 is 18.7 Å². The van der Waals surface area contributed by atoms with Crippen molar-refractivity contribution in [2.45, 2.75) is 25.0 Å². The van der Waals surface area contributed by atoms with Gasteiger partial charge in [-0.1, -0.05) is 35.9 Å². The Morgan fingerprint density at radius 3 is 2.75 bits per heavy atom. The summed E-state index contributed by atoms with van der Waals surface area (Å²) in [5, 5.41) is 1.41. The third kappa shape index (κ3) is 3.70. The molecule has 4 nitrogen and oxygen atoms in total. The second-order valence-electron chi connectivity index (χ2n) is 8.83. The monoisotopic (exact) mass is 451 g/mol. The van der Waals surface area contributed by atoms with E-state index in [1.807, 2.05) is 36.4 Å². The molecule has 6 rings (SSSR count). The average Bonchev–Trinajstić information content (AvgIpc) is 2.82. The Morgan fingerprint density at radius 2 is 2.00 bits per heavy atom. The fraction of sp³-hybridized carbons (Fsp3) is 0.308. The number of benzene rings is 2. The van der Waals surface area contributed by atoms with Gasteiger partial charge in [0.05, 0.1) is 11.1 Å². The van der Waals surface area contributed by atoms with Gasteiger partial charge in [0.25, 0.3) is 0 Å². The molecule has 0 radical (unpaired) electrons. The van der Waals surface area contributed by atoms with Crippen LogP contribution < -0.4 is 0 Å². The van der Waals surface area contributed by atoms with E-state index in [4.69, 9.17) is 16.3 Å². The predicted molar refractivity (Wildman–Crippen MR) is 123 cm³/mol. The van der Waals surface area contributed by atoms with Crippen LogP contribution in [0.25, 0.3) is 10.9 Å². The van der Waals surface area contributed by atoms with Crippen molar-refractivity contribution >= 4 is 28.5 Å². The molecule has 2 bridgehead atoms. The van der Waals surface area contributed by atoms with Crippen LogP contribution in [-0.2, 0) is 4.74 Å². The van der Waals surface area contributed by atoms with Gasteiger partial charge < -0.3 is 4.74 Å². The molecule has 3 saturated heterocycles. The Morgan fingerprint density at radius 1 is 1.22 bits per heavy atom. The third-order valence-electron chi connectivity index (χ3n) is 7.09. The van der Waals surface area contributed by atoms with Crippen LogP contribution in [0.1, 0.15) is 34.9 Å². The first-order chi connectivity index (χ1) is 15.5. The molecule has 3 aromatic rings. The molecule has 5 atom stereocenters. The molecule has 3 aliphatic rings. The number of para-hydroxylation sites is 1. The van der Waals surface area contributed by atoms with Crippen molar-refractivity contribution in [2.24, 2.45) is 11.8 Å². The van der Waals surface area contributed by atoms with Gasteiger partial charge in [0.1, 0.15) is 13.1 Å². The van der Waals surface area contributed by atoms with E-state index in [1.54, 1.807) is 30.5 Å². The van der Waals surface area contributed by atoms with Crippen LogP contribution in [0.5, 0.6) is 0 Å². The molecule has 0 amide bonds. The third-order valence-corrected chi connectivity index (χ3v) is 7.34. The number of carbonyl (C=O) groups excluding carboxylic acids is 1. The molecule has 3 aliphatic heterocycles. The highest BCUT2D eigenvalue weighted by Crippen LogP contribution is 2.48. The molecule has 3 fully saturated rings. The maximum absolute atomic E-state index is 16.3. The molecule has 0 unspecified atom stereocenters. The topological polar surface area (TPSA) is 39.2 Å². The normalized spacial score (nSPS) is 27.8. The van der Waals surface area contributed by atoms with Gasteiger partial charge >= 0.3 is 5.97 Å². The molecule has 1 aromatic heterocycles. The van der Waals surface area contributed by atoms with Gasteiger partial charge in [-0.15, -0.1) is 11.3 Å². The molecule has 0 saturated carbocycles. The summed E-state index contributed by atoms with van der Waals surface area (Å²) in [5.74, 6) is 0.00645. The molecular weight excluding hydrogens is 427 g/mol. The number of fused-ring (bicyclic) bond motifs is 4. The maximum atomic E-state index is 16.3. The lowest BCUT2D eigenvalue weighted by molar-refractivity contribution is -1.09. The smallest absolute Gasteiger partial charge is 0.338 e. The fourth-order valence-electron chi connectivity index (χ4n) is 5.40. The Hall–Kier alpha value is -2.76. The number of esters is 1. The van der Waals surface area contributed by atoms with Crippen LogP contribution in [-0.4, -0.2) is 34.8 Å². The van der Waals surface area contributed by atoms with E-state index in [0.29, 0.717) is 36.0 Å². The molecule has 0 spiro atoms. The zero-order valence-electron chi connectivity index (χ0n) is 17.7. The zero-order valence-corrected chi connectivity index (χ0v) is 18.4. The average molecular weight is 452 g/mol. The number of hydrogen-bond acceptors (Lipinski definition) is 3.